The molecule has 1 aliphatic rings. The van der Waals surface area contributed by atoms with E-state index in [2.05, 4.69) is 5.32 Å². The van der Waals surface area contributed by atoms with Gasteiger partial charge in [0.1, 0.15) is 80.7 Å². The molecule has 1 fully saturated rings. The van der Waals surface area contributed by atoms with Gasteiger partial charge >= 0.3 is 11.8 Å². The van der Waals surface area contributed by atoms with E-state index in [9.17, 15) is 49.8 Å². The summed E-state index contributed by atoms with van der Waals surface area (Å²) in [6.45, 7) is 0.219. The van der Waals surface area contributed by atoms with Gasteiger partial charge in [0.25, 0.3) is 0 Å². The molecule has 19 heteroatoms. The van der Waals surface area contributed by atoms with Crippen LogP contribution in [0.1, 0.15) is 13.3 Å². The fourth-order valence-electron chi connectivity index (χ4n) is 7.67. The van der Waals surface area contributed by atoms with Crippen molar-refractivity contribution in [2.45, 2.75) is 49.6 Å². The molecular formula is C45H43NO18. The molecule has 0 spiro atoms. The van der Waals surface area contributed by atoms with E-state index in [0.29, 0.717) is 16.7 Å². The number of methoxy groups -OCH3 is 4. The van der Waals surface area contributed by atoms with Gasteiger partial charge in [-0.25, -0.2) is 4.79 Å². The van der Waals surface area contributed by atoms with Crippen LogP contribution >= 0.6 is 0 Å². The summed E-state index contributed by atoms with van der Waals surface area (Å²) < 4.78 is 46.0. The van der Waals surface area contributed by atoms with Gasteiger partial charge in [-0.2, -0.15) is 0 Å². The molecular weight excluding hydrogens is 842 g/mol. The Hall–Kier alpha value is -7.16. The zero-order chi connectivity index (χ0) is 46.2. The summed E-state index contributed by atoms with van der Waals surface area (Å²) in [6, 6.07) is 15.5. The molecule has 19 nitrogen and oxygen atoms in total. The van der Waals surface area contributed by atoms with Crippen molar-refractivity contribution in [1.29, 1.82) is 0 Å². The molecule has 1 aliphatic heterocycles. The molecule has 0 radical (unpaired) electrons. The number of aliphatic hydroxyl groups excluding tert-OH is 4. The predicted octanol–water partition coefficient (Wildman–Crippen LogP) is 2.95. The third-order valence-electron chi connectivity index (χ3n) is 10.7. The number of carbonyl (C=O) groups excluding carboxylic acids is 2. The van der Waals surface area contributed by atoms with E-state index >= 15 is 0 Å². The maximum Gasteiger partial charge on any atom is 0.379 e. The summed E-state index contributed by atoms with van der Waals surface area (Å²) in [6.07, 6.45) is -7.63. The number of amides is 1. The third-order valence-corrected chi connectivity index (χ3v) is 10.7. The number of benzene rings is 4. The van der Waals surface area contributed by atoms with Crippen LogP contribution in [0.3, 0.4) is 0 Å². The minimum absolute atomic E-state index is 0.00583. The molecule has 0 saturated carbocycles. The molecule has 7 N–H and O–H groups in total. The van der Waals surface area contributed by atoms with Gasteiger partial charge in [0.2, 0.25) is 5.91 Å². The first-order valence-electron chi connectivity index (χ1n) is 19.5. The first-order chi connectivity index (χ1) is 30.6. The van der Waals surface area contributed by atoms with Crippen LogP contribution in [0.25, 0.3) is 55.7 Å². The van der Waals surface area contributed by atoms with E-state index in [-0.39, 0.29) is 67.8 Å². The highest BCUT2D eigenvalue weighted by Gasteiger charge is 2.57. The van der Waals surface area contributed by atoms with Crippen LogP contribution in [0.15, 0.2) is 91.2 Å². The van der Waals surface area contributed by atoms with E-state index in [1.807, 2.05) is 0 Å². The SMILES string of the molecule is COC(=O)[C@@]1(Oc2ccc(-c3cc(=O)c4c(O)cc(OC)c(-c5cc(-c6cc(=O)c7c(O)cc(OC)cc7o6)ccc5OC)c4o3)cc2)C[C@H](O)[C@@H](NC(C)=O)[C@H]([C@@H](O)[C@@H](O)CO)O1. The number of nitrogens with one attached hydrogen (secondary N) is 1. The lowest BCUT2D eigenvalue weighted by molar-refractivity contribution is -0.285. The van der Waals surface area contributed by atoms with Crippen molar-refractivity contribution in [3.05, 3.63) is 93.2 Å². The van der Waals surface area contributed by atoms with Crippen LogP contribution in [-0.4, -0.2) is 114 Å². The molecule has 7 rings (SSSR count). The van der Waals surface area contributed by atoms with Crippen LogP contribution in [0.4, 0.5) is 0 Å². The minimum atomic E-state index is -2.44. The van der Waals surface area contributed by atoms with Crippen molar-refractivity contribution in [2.24, 2.45) is 0 Å². The molecule has 336 valence electrons. The summed E-state index contributed by atoms with van der Waals surface area (Å²) in [5, 5.41) is 65.6. The predicted molar refractivity (Wildman–Crippen MR) is 225 cm³/mol. The normalized spacial score (nSPS) is 19.4. The lowest BCUT2D eigenvalue weighted by Gasteiger charge is -2.46. The minimum Gasteiger partial charge on any atom is -0.507 e. The van der Waals surface area contributed by atoms with Gasteiger partial charge in [-0.05, 0) is 42.5 Å². The molecule has 1 amide bonds. The van der Waals surface area contributed by atoms with Gasteiger partial charge in [0.05, 0.1) is 59.2 Å². The van der Waals surface area contributed by atoms with Crippen LogP contribution in [0.5, 0.6) is 34.5 Å². The van der Waals surface area contributed by atoms with Crippen molar-refractivity contribution in [3.8, 4) is 68.3 Å². The number of aliphatic hydroxyl groups is 4. The second-order valence-electron chi connectivity index (χ2n) is 14.8. The van der Waals surface area contributed by atoms with Crippen molar-refractivity contribution < 1.29 is 77.5 Å². The highest BCUT2D eigenvalue weighted by Crippen LogP contribution is 2.46. The first-order valence-corrected chi connectivity index (χ1v) is 19.5. The molecule has 6 atom stereocenters. The van der Waals surface area contributed by atoms with Gasteiger partial charge in [-0.3, -0.25) is 14.4 Å². The smallest absolute Gasteiger partial charge is 0.379 e. The number of phenols is 2. The van der Waals surface area contributed by atoms with E-state index in [4.69, 9.17) is 37.3 Å². The third kappa shape index (κ3) is 8.25. The fourth-order valence-corrected chi connectivity index (χ4v) is 7.67. The average molecular weight is 886 g/mol. The number of fused-ring (bicyclic) bond motifs is 2. The Bertz CT molecular complexity index is 2870. The lowest BCUT2D eigenvalue weighted by atomic mass is 9.88. The number of rotatable bonds is 13. The van der Waals surface area contributed by atoms with E-state index in [1.165, 1.54) is 69.9 Å². The number of hydrogen-bond acceptors (Lipinski definition) is 18. The van der Waals surface area contributed by atoms with Gasteiger partial charge in [0, 0.05) is 53.9 Å². The Kier molecular flexibility index (Phi) is 12.6. The maximum absolute atomic E-state index is 13.9. The fraction of sp³-hybridized carbons (Fsp3) is 0.289. The number of aromatic hydroxyl groups is 2. The van der Waals surface area contributed by atoms with Crippen LogP contribution in [0.2, 0.25) is 0 Å². The molecule has 0 unspecified atom stereocenters. The van der Waals surface area contributed by atoms with Crippen LogP contribution in [-0.2, 0) is 19.1 Å². The topological polar surface area (TPSA) is 283 Å². The summed E-state index contributed by atoms with van der Waals surface area (Å²) in [5.41, 5.74) is -0.137. The molecule has 0 bridgehead atoms. The van der Waals surface area contributed by atoms with Crippen molar-refractivity contribution in [2.75, 3.05) is 35.0 Å². The highest BCUT2D eigenvalue weighted by molar-refractivity contribution is 6.01. The van der Waals surface area contributed by atoms with E-state index < -0.39 is 77.8 Å². The Labute approximate surface area is 362 Å². The Morgan fingerprint density at radius 1 is 0.797 bits per heavy atom. The van der Waals surface area contributed by atoms with Gasteiger partial charge in [0.15, 0.2) is 16.4 Å². The Morgan fingerprint density at radius 2 is 1.44 bits per heavy atom. The summed E-state index contributed by atoms with van der Waals surface area (Å²) in [4.78, 5) is 52.4. The van der Waals surface area contributed by atoms with Crippen LogP contribution in [0, 0.1) is 0 Å². The Morgan fingerprint density at radius 3 is 2.06 bits per heavy atom. The monoisotopic (exact) mass is 885 g/mol. The number of ether oxygens (including phenoxy) is 6. The van der Waals surface area contributed by atoms with Gasteiger partial charge < -0.3 is 73.2 Å². The number of esters is 1. The van der Waals surface area contributed by atoms with Gasteiger partial charge in [-0.15, -0.1) is 0 Å². The molecule has 3 heterocycles. The summed E-state index contributed by atoms with van der Waals surface area (Å²) in [7, 11) is 5.18. The van der Waals surface area contributed by atoms with Crippen molar-refractivity contribution in [3.63, 3.8) is 0 Å². The number of carbonyl (C=O) groups is 2. The summed E-state index contributed by atoms with van der Waals surface area (Å²) in [5.74, 6) is -4.36. The zero-order valence-corrected chi connectivity index (χ0v) is 34.8. The average Bonchev–Trinajstić information content (AvgIpc) is 3.28. The largest absolute Gasteiger partial charge is 0.507 e. The Balaban J connectivity index is 1.31. The standard InChI is InChI=1S/C45H43NO18/c1-20(48)46-40-30(53)18-45(44(56)60-5,64-43(40)41(55)31(54)19-47)63-23-9-6-21(7-10-23)33-16-28(51)39-29(52)17-35(59-4)37(42(39)62-33)25-12-22(8-11-32(25)58-3)34-15-27(50)38-26(49)13-24(57-2)14-36(38)61-34/h6-17,30-31,40-41,43,47,49,52-55H,18-19H2,1-5H3,(H,46,48)/t30-,31-,40+,41-,43+,45+/m0/s1. The number of phenolic OH excluding ortho intramolecular Hbond substituents is 2. The second kappa shape index (κ2) is 17.9. The highest BCUT2D eigenvalue weighted by atomic mass is 16.7. The summed E-state index contributed by atoms with van der Waals surface area (Å²) >= 11 is 0. The molecule has 1 saturated heterocycles. The van der Waals surface area contributed by atoms with Crippen LogP contribution < -0.4 is 35.1 Å². The second-order valence-corrected chi connectivity index (χ2v) is 14.8. The lowest BCUT2D eigenvalue weighted by Crippen LogP contribution is -2.68. The quantitative estimate of drug-likeness (QED) is 0.0821. The van der Waals surface area contributed by atoms with Crippen molar-refractivity contribution >= 4 is 33.8 Å². The maximum atomic E-state index is 13.9. The molecule has 64 heavy (non-hydrogen) atoms. The number of hydrogen-bond donors (Lipinski definition) is 7. The molecule has 2 aromatic heterocycles. The van der Waals surface area contributed by atoms with Crippen molar-refractivity contribution in [1.82, 2.24) is 5.32 Å². The van der Waals surface area contributed by atoms with E-state index in [1.54, 1.807) is 18.2 Å². The van der Waals surface area contributed by atoms with Gasteiger partial charge in [-0.1, -0.05) is 0 Å². The molecule has 6 aromatic rings. The van der Waals surface area contributed by atoms with E-state index in [0.717, 1.165) is 20.1 Å². The zero-order valence-electron chi connectivity index (χ0n) is 34.8. The first kappa shape index (κ1) is 44.9. The molecule has 4 aromatic carbocycles. The molecule has 0 aliphatic carbocycles.